The van der Waals surface area contributed by atoms with Crippen molar-refractivity contribution in [3.8, 4) is 0 Å². The molecule has 6 heteroatoms. The van der Waals surface area contributed by atoms with Crippen molar-refractivity contribution in [2.24, 2.45) is 23.5 Å². The minimum Gasteiger partial charge on any atom is -0.379 e. The molecule has 2 atom stereocenters. The average molecular weight is 400 g/mol. The van der Waals surface area contributed by atoms with E-state index in [1.807, 2.05) is 0 Å². The van der Waals surface area contributed by atoms with Crippen LogP contribution in [0.5, 0.6) is 0 Å². The zero-order chi connectivity index (χ0) is 18.0. The Morgan fingerprint density at radius 3 is 2.30 bits per heavy atom. The van der Waals surface area contributed by atoms with Crippen molar-refractivity contribution in [2.75, 3.05) is 32.8 Å². The number of halogens is 1. The van der Waals surface area contributed by atoms with E-state index in [0.29, 0.717) is 23.8 Å². The summed E-state index contributed by atoms with van der Waals surface area (Å²) in [7, 11) is 0. The number of nitrogens with zero attached hydrogens (tertiary/aromatic N) is 1. The van der Waals surface area contributed by atoms with Crippen LogP contribution in [0.15, 0.2) is 0 Å². The highest BCUT2D eigenvalue weighted by Gasteiger charge is 2.42. The average Bonchev–Trinajstić information content (AvgIpc) is 2.67. The van der Waals surface area contributed by atoms with Gasteiger partial charge < -0.3 is 15.8 Å². The van der Waals surface area contributed by atoms with Crippen molar-refractivity contribution >= 4 is 18.3 Å². The minimum atomic E-state index is 0. The van der Waals surface area contributed by atoms with Crippen LogP contribution in [0.3, 0.4) is 0 Å². The van der Waals surface area contributed by atoms with Crippen molar-refractivity contribution in [3.05, 3.63) is 0 Å². The van der Waals surface area contributed by atoms with Crippen LogP contribution in [-0.2, 0) is 9.53 Å². The second kappa shape index (κ2) is 9.43. The Balaban J connectivity index is 0.00000210. The molecule has 156 valence electrons. The Hall–Kier alpha value is -0.360. The van der Waals surface area contributed by atoms with Gasteiger partial charge in [0, 0.05) is 37.1 Å². The van der Waals surface area contributed by atoms with E-state index in [9.17, 15) is 4.79 Å². The number of nitrogens with two attached hydrogens (primary N) is 1. The molecule has 0 spiro atoms. The van der Waals surface area contributed by atoms with Gasteiger partial charge in [-0.1, -0.05) is 25.7 Å². The maximum absolute atomic E-state index is 13.0. The zero-order valence-electron chi connectivity index (χ0n) is 16.7. The van der Waals surface area contributed by atoms with Crippen molar-refractivity contribution in [1.82, 2.24) is 10.2 Å². The molecule has 1 aliphatic heterocycles. The Bertz CT molecular complexity index is 478. The largest absolute Gasteiger partial charge is 0.379 e. The fourth-order valence-corrected chi connectivity index (χ4v) is 6.25. The molecule has 1 heterocycles. The van der Waals surface area contributed by atoms with Crippen LogP contribution < -0.4 is 11.1 Å². The minimum absolute atomic E-state index is 0. The Labute approximate surface area is 170 Å². The number of carbonyl (C=O) groups is 1. The monoisotopic (exact) mass is 399 g/mol. The van der Waals surface area contributed by atoms with Gasteiger partial charge in [0.2, 0.25) is 5.91 Å². The summed E-state index contributed by atoms with van der Waals surface area (Å²) in [5, 5.41) is 3.40. The lowest BCUT2D eigenvalue weighted by molar-refractivity contribution is -0.129. The molecule has 5 nitrogen and oxygen atoms in total. The van der Waals surface area contributed by atoms with E-state index in [1.165, 1.54) is 51.4 Å². The van der Waals surface area contributed by atoms with E-state index in [1.54, 1.807) is 0 Å². The molecule has 4 aliphatic rings. The summed E-state index contributed by atoms with van der Waals surface area (Å²) in [6.07, 6.45) is 12.1. The number of hydrogen-bond donors (Lipinski definition) is 2. The normalized spacial score (nSPS) is 36.5. The number of morpholine rings is 1. The van der Waals surface area contributed by atoms with E-state index in [4.69, 9.17) is 10.5 Å². The van der Waals surface area contributed by atoms with Crippen molar-refractivity contribution < 1.29 is 9.53 Å². The Kier molecular flexibility index (Phi) is 7.45. The Morgan fingerprint density at radius 2 is 1.67 bits per heavy atom. The van der Waals surface area contributed by atoms with E-state index in [0.717, 1.165) is 45.7 Å². The third kappa shape index (κ3) is 4.63. The van der Waals surface area contributed by atoms with Crippen molar-refractivity contribution in [1.29, 1.82) is 0 Å². The van der Waals surface area contributed by atoms with Crippen LogP contribution in [0.25, 0.3) is 0 Å². The summed E-state index contributed by atoms with van der Waals surface area (Å²) in [5.74, 6) is 1.63. The highest BCUT2D eigenvalue weighted by atomic mass is 35.5. The number of nitrogens with one attached hydrogen (secondary N) is 1. The van der Waals surface area contributed by atoms with Gasteiger partial charge in [-0.05, 0) is 50.4 Å². The standard InChI is InChI=1S/C21H37N3O2.ClH/c22-19-16-5-4-6-17(19)14-18(13-16)20(25)23-15-21(7-2-1-3-8-21)24-9-11-26-12-10-24;/h16-19H,1-15,22H2,(H,23,25);1H. The van der Waals surface area contributed by atoms with Gasteiger partial charge in [-0.15, -0.1) is 12.4 Å². The predicted molar refractivity (Wildman–Crippen MR) is 110 cm³/mol. The number of rotatable bonds is 4. The first-order chi connectivity index (χ1) is 12.7. The summed E-state index contributed by atoms with van der Waals surface area (Å²) in [6.45, 7) is 4.51. The summed E-state index contributed by atoms with van der Waals surface area (Å²) >= 11 is 0. The van der Waals surface area contributed by atoms with Crippen LogP contribution in [0.2, 0.25) is 0 Å². The molecule has 2 unspecified atom stereocenters. The molecule has 4 fully saturated rings. The molecule has 4 rings (SSSR count). The highest BCUT2D eigenvalue weighted by Crippen LogP contribution is 2.42. The molecule has 0 radical (unpaired) electrons. The molecule has 3 aliphatic carbocycles. The third-order valence-corrected chi connectivity index (χ3v) is 7.84. The number of fused-ring (bicyclic) bond motifs is 2. The topological polar surface area (TPSA) is 67.6 Å². The van der Waals surface area contributed by atoms with Gasteiger partial charge in [-0.2, -0.15) is 0 Å². The van der Waals surface area contributed by atoms with E-state index in [-0.39, 0.29) is 23.9 Å². The van der Waals surface area contributed by atoms with Gasteiger partial charge >= 0.3 is 0 Å². The van der Waals surface area contributed by atoms with Gasteiger partial charge in [0.1, 0.15) is 0 Å². The van der Waals surface area contributed by atoms with Crippen LogP contribution in [0.1, 0.15) is 64.2 Å². The van der Waals surface area contributed by atoms with Crippen LogP contribution in [0.4, 0.5) is 0 Å². The van der Waals surface area contributed by atoms with Crippen molar-refractivity contribution in [3.63, 3.8) is 0 Å². The van der Waals surface area contributed by atoms with Crippen LogP contribution in [0, 0.1) is 17.8 Å². The maximum atomic E-state index is 13.0. The van der Waals surface area contributed by atoms with Gasteiger partial charge in [-0.3, -0.25) is 9.69 Å². The van der Waals surface area contributed by atoms with Crippen LogP contribution in [-0.4, -0.2) is 55.2 Å². The van der Waals surface area contributed by atoms with E-state index >= 15 is 0 Å². The lowest BCUT2D eigenvalue weighted by atomic mass is 9.65. The fourth-order valence-electron chi connectivity index (χ4n) is 6.25. The first-order valence-electron chi connectivity index (χ1n) is 11.0. The van der Waals surface area contributed by atoms with Crippen molar-refractivity contribution in [2.45, 2.75) is 75.8 Å². The molecule has 0 aromatic heterocycles. The SMILES string of the molecule is Cl.NC1C2CCCC1CC(C(=O)NCC1(N3CCOCC3)CCCCC1)C2. The smallest absolute Gasteiger partial charge is 0.223 e. The lowest BCUT2D eigenvalue weighted by Gasteiger charge is -2.48. The second-order valence-corrected chi connectivity index (χ2v) is 9.30. The lowest BCUT2D eigenvalue weighted by Crippen LogP contribution is -2.60. The molecular formula is C21H38ClN3O2. The molecule has 0 aromatic carbocycles. The summed E-state index contributed by atoms with van der Waals surface area (Å²) < 4.78 is 5.57. The first-order valence-corrected chi connectivity index (χ1v) is 11.0. The van der Waals surface area contributed by atoms with Gasteiger partial charge in [-0.25, -0.2) is 0 Å². The molecule has 27 heavy (non-hydrogen) atoms. The molecule has 3 saturated carbocycles. The molecule has 3 N–H and O–H groups in total. The number of ether oxygens (including phenoxy) is 1. The first kappa shape index (κ1) is 21.4. The van der Waals surface area contributed by atoms with Gasteiger partial charge in [0.05, 0.1) is 13.2 Å². The van der Waals surface area contributed by atoms with E-state index < -0.39 is 0 Å². The second-order valence-electron chi connectivity index (χ2n) is 9.30. The number of amides is 1. The Morgan fingerprint density at radius 1 is 1.04 bits per heavy atom. The number of hydrogen-bond acceptors (Lipinski definition) is 4. The molecule has 1 saturated heterocycles. The predicted octanol–water partition coefficient (Wildman–Crippen LogP) is 2.71. The highest BCUT2D eigenvalue weighted by molar-refractivity contribution is 5.85. The van der Waals surface area contributed by atoms with Crippen LogP contribution >= 0.6 is 12.4 Å². The maximum Gasteiger partial charge on any atom is 0.223 e. The fraction of sp³-hybridized carbons (Fsp3) is 0.952. The molecule has 0 aromatic rings. The van der Waals surface area contributed by atoms with Gasteiger partial charge in [0.25, 0.3) is 0 Å². The summed E-state index contributed by atoms with van der Waals surface area (Å²) in [6, 6.07) is 0.339. The van der Waals surface area contributed by atoms with Gasteiger partial charge in [0.15, 0.2) is 0 Å². The molecular weight excluding hydrogens is 362 g/mol. The molecule has 2 bridgehead atoms. The van der Waals surface area contributed by atoms with E-state index in [2.05, 4.69) is 10.2 Å². The quantitative estimate of drug-likeness (QED) is 0.762. The molecule has 1 amide bonds. The zero-order valence-corrected chi connectivity index (χ0v) is 17.5. The summed E-state index contributed by atoms with van der Waals surface area (Å²) in [4.78, 5) is 15.6. The number of carbonyl (C=O) groups excluding carboxylic acids is 1. The summed E-state index contributed by atoms with van der Waals surface area (Å²) in [5.41, 5.74) is 6.57. The third-order valence-electron chi connectivity index (χ3n) is 7.84.